The first-order valence-electron chi connectivity index (χ1n) is 7.03. The van der Waals surface area contributed by atoms with Crippen molar-refractivity contribution in [1.29, 1.82) is 0 Å². The second kappa shape index (κ2) is 7.00. The third-order valence-corrected chi connectivity index (χ3v) is 4.06. The fourth-order valence-corrected chi connectivity index (χ4v) is 2.73. The highest BCUT2D eigenvalue weighted by atomic mass is 16.4. The van der Waals surface area contributed by atoms with Crippen LogP contribution in [0, 0.1) is 11.8 Å². The lowest BCUT2D eigenvalue weighted by molar-refractivity contribution is -0.142. The molecule has 1 fully saturated rings. The fourth-order valence-electron chi connectivity index (χ4n) is 2.73. The first kappa shape index (κ1) is 14.5. The number of unbranched alkanes of at least 4 members (excludes halogenated alkanes) is 3. The summed E-state index contributed by atoms with van der Waals surface area (Å²) in [6, 6.07) is 0.540. The smallest absolute Gasteiger partial charge is 0.308 e. The Morgan fingerprint density at radius 1 is 1.35 bits per heavy atom. The molecular formula is C14H27NO2. The lowest BCUT2D eigenvalue weighted by atomic mass is 9.99. The average molecular weight is 241 g/mol. The number of hydrogen-bond donors (Lipinski definition) is 1. The predicted octanol–water partition coefficient (Wildman–Crippen LogP) is 3.00. The Labute approximate surface area is 105 Å². The zero-order valence-corrected chi connectivity index (χ0v) is 11.5. The Kier molecular flexibility index (Phi) is 5.96. The molecule has 1 aliphatic rings. The van der Waals surface area contributed by atoms with E-state index in [0.29, 0.717) is 12.0 Å². The van der Waals surface area contributed by atoms with Crippen LogP contribution in [0.5, 0.6) is 0 Å². The summed E-state index contributed by atoms with van der Waals surface area (Å²) in [7, 11) is 0. The number of likely N-dealkylation sites (tertiary alicyclic amines) is 1. The quantitative estimate of drug-likeness (QED) is 0.697. The molecule has 0 spiro atoms. The van der Waals surface area contributed by atoms with Crippen LogP contribution in [-0.4, -0.2) is 35.1 Å². The van der Waals surface area contributed by atoms with Crippen LogP contribution in [0.15, 0.2) is 0 Å². The largest absolute Gasteiger partial charge is 0.481 e. The Morgan fingerprint density at radius 3 is 2.59 bits per heavy atom. The lowest BCUT2D eigenvalue weighted by Crippen LogP contribution is -2.31. The molecule has 1 N–H and O–H groups in total. The van der Waals surface area contributed by atoms with Crippen LogP contribution in [-0.2, 0) is 4.79 Å². The first-order valence-corrected chi connectivity index (χ1v) is 7.03. The fraction of sp³-hybridized carbons (Fsp3) is 0.929. The Hall–Kier alpha value is -0.570. The minimum absolute atomic E-state index is 0.159. The molecule has 0 radical (unpaired) electrons. The molecule has 100 valence electrons. The van der Waals surface area contributed by atoms with Gasteiger partial charge in [0.25, 0.3) is 0 Å². The van der Waals surface area contributed by atoms with E-state index in [1.54, 1.807) is 0 Å². The van der Waals surface area contributed by atoms with Gasteiger partial charge in [0.05, 0.1) is 5.92 Å². The van der Waals surface area contributed by atoms with E-state index in [9.17, 15) is 4.79 Å². The minimum atomic E-state index is -0.627. The molecule has 3 heteroatoms. The topological polar surface area (TPSA) is 40.5 Å². The molecule has 1 rings (SSSR count). The van der Waals surface area contributed by atoms with Crippen LogP contribution in [0.2, 0.25) is 0 Å². The summed E-state index contributed by atoms with van der Waals surface area (Å²) in [5, 5.41) is 9.10. The van der Waals surface area contributed by atoms with Crippen molar-refractivity contribution >= 4 is 5.97 Å². The van der Waals surface area contributed by atoms with Crippen LogP contribution in [0.4, 0.5) is 0 Å². The van der Waals surface area contributed by atoms with E-state index in [0.717, 1.165) is 13.1 Å². The van der Waals surface area contributed by atoms with Crippen LogP contribution in [0.1, 0.15) is 52.9 Å². The normalized spacial score (nSPS) is 27.2. The maximum atomic E-state index is 11.1. The monoisotopic (exact) mass is 241 g/mol. The van der Waals surface area contributed by atoms with Crippen LogP contribution in [0.25, 0.3) is 0 Å². The number of hydrogen-bond acceptors (Lipinski definition) is 2. The molecular weight excluding hydrogens is 214 g/mol. The summed E-state index contributed by atoms with van der Waals surface area (Å²) in [5.41, 5.74) is 0. The molecule has 0 aromatic carbocycles. The molecule has 17 heavy (non-hydrogen) atoms. The Morgan fingerprint density at radius 2 is 2.06 bits per heavy atom. The summed E-state index contributed by atoms with van der Waals surface area (Å²) in [6.07, 6.45) is 6.39. The number of aliphatic carboxylic acids is 1. The highest BCUT2D eigenvalue weighted by molar-refractivity contribution is 5.71. The van der Waals surface area contributed by atoms with Crippen molar-refractivity contribution in [3.8, 4) is 0 Å². The van der Waals surface area contributed by atoms with Gasteiger partial charge in [0.15, 0.2) is 0 Å². The van der Waals surface area contributed by atoms with Crippen LogP contribution in [0.3, 0.4) is 0 Å². The van der Waals surface area contributed by atoms with Gasteiger partial charge in [-0.2, -0.15) is 0 Å². The molecule has 0 amide bonds. The van der Waals surface area contributed by atoms with Gasteiger partial charge in [-0.3, -0.25) is 9.69 Å². The SMILES string of the molecule is CCCCCCC(C)N1CC(C)C(C(=O)O)C1. The molecule has 1 aliphatic heterocycles. The summed E-state index contributed by atoms with van der Waals surface area (Å²) in [5.74, 6) is -0.489. The van der Waals surface area contributed by atoms with Crippen molar-refractivity contribution in [3.63, 3.8) is 0 Å². The van der Waals surface area contributed by atoms with Crippen molar-refractivity contribution < 1.29 is 9.90 Å². The molecule has 3 atom stereocenters. The number of carboxylic acids is 1. The standard InChI is InChI=1S/C14H27NO2/c1-4-5-6-7-8-12(3)15-9-11(2)13(10-15)14(16)17/h11-13H,4-10H2,1-3H3,(H,16,17). The Bertz CT molecular complexity index is 242. The molecule has 0 saturated carbocycles. The summed E-state index contributed by atoms with van der Waals surface area (Å²) in [6.45, 7) is 8.21. The third-order valence-electron chi connectivity index (χ3n) is 4.06. The third kappa shape index (κ3) is 4.30. The van der Waals surface area contributed by atoms with E-state index in [1.807, 2.05) is 0 Å². The van der Waals surface area contributed by atoms with E-state index in [-0.39, 0.29) is 5.92 Å². The van der Waals surface area contributed by atoms with Crippen LogP contribution < -0.4 is 0 Å². The molecule has 0 aromatic heterocycles. The zero-order chi connectivity index (χ0) is 12.8. The highest BCUT2D eigenvalue weighted by Crippen LogP contribution is 2.26. The number of rotatable bonds is 7. The van der Waals surface area contributed by atoms with Gasteiger partial charge in [0, 0.05) is 19.1 Å². The van der Waals surface area contributed by atoms with Crippen molar-refractivity contribution in [2.75, 3.05) is 13.1 Å². The average Bonchev–Trinajstić information content (AvgIpc) is 2.66. The second-order valence-corrected chi connectivity index (χ2v) is 5.57. The predicted molar refractivity (Wildman–Crippen MR) is 70.1 cm³/mol. The maximum absolute atomic E-state index is 11.1. The zero-order valence-electron chi connectivity index (χ0n) is 11.5. The first-order chi connectivity index (χ1) is 8.06. The van der Waals surface area contributed by atoms with Gasteiger partial charge in [-0.1, -0.05) is 39.5 Å². The van der Waals surface area contributed by atoms with E-state index in [4.69, 9.17) is 5.11 Å². The molecule has 1 saturated heterocycles. The summed E-state index contributed by atoms with van der Waals surface area (Å²) >= 11 is 0. The van der Waals surface area contributed by atoms with Crippen molar-refractivity contribution in [3.05, 3.63) is 0 Å². The molecule has 3 unspecified atom stereocenters. The van der Waals surface area contributed by atoms with E-state index >= 15 is 0 Å². The van der Waals surface area contributed by atoms with Crippen molar-refractivity contribution in [2.24, 2.45) is 11.8 Å². The van der Waals surface area contributed by atoms with Gasteiger partial charge in [-0.05, 0) is 19.3 Å². The lowest BCUT2D eigenvalue weighted by Gasteiger charge is -2.24. The van der Waals surface area contributed by atoms with Gasteiger partial charge < -0.3 is 5.11 Å². The van der Waals surface area contributed by atoms with Gasteiger partial charge in [0.2, 0.25) is 0 Å². The molecule has 0 aliphatic carbocycles. The number of carbonyl (C=O) groups is 1. The summed E-state index contributed by atoms with van der Waals surface area (Å²) < 4.78 is 0. The highest BCUT2D eigenvalue weighted by Gasteiger charge is 2.36. The minimum Gasteiger partial charge on any atom is -0.481 e. The van der Waals surface area contributed by atoms with Gasteiger partial charge in [0.1, 0.15) is 0 Å². The van der Waals surface area contributed by atoms with E-state index in [1.165, 1.54) is 32.1 Å². The van der Waals surface area contributed by atoms with Crippen molar-refractivity contribution in [2.45, 2.75) is 58.9 Å². The molecule has 3 nitrogen and oxygen atoms in total. The van der Waals surface area contributed by atoms with Gasteiger partial charge >= 0.3 is 5.97 Å². The van der Waals surface area contributed by atoms with Crippen LogP contribution >= 0.6 is 0 Å². The van der Waals surface area contributed by atoms with Crippen molar-refractivity contribution in [1.82, 2.24) is 4.90 Å². The van der Waals surface area contributed by atoms with Gasteiger partial charge in [-0.25, -0.2) is 0 Å². The van der Waals surface area contributed by atoms with E-state index < -0.39 is 5.97 Å². The number of carboxylic acid groups (broad SMARTS) is 1. The molecule has 0 bridgehead atoms. The second-order valence-electron chi connectivity index (χ2n) is 5.57. The maximum Gasteiger partial charge on any atom is 0.308 e. The molecule has 0 aromatic rings. The summed E-state index contributed by atoms with van der Waals surface area (Å²) in [4.78, 5) is 13.4. The Balaban J connectivity index is 2.29. The molecule has 1 heterocycles. The van der Waals surface area contributed by atoms with E-state index in [2.05, 4.69) is 25.7 Å². The number of nitrogens with zero attached hydrogens (tertiary/aromatic N) is 1. The van der Waals surface area contributed by atoms with Gasteiger partial charge in [-0.15, -0.1) is 0 Å².